The Morgan fingerprint density at radius 1 is 0.871 bits per heavy atom. The number of carbonyl (C=O) groups excluding carboxylic acids is 2. The highest BCUT2D eigenvalue weighted by atomic mass is 35.5. The Morgan fingerprint density at radius 3 is 2.13 bits per heavy atom. The van der Waals surface area contributed by atoms with E-state index in [0.29, 0.717) is 22.0 Å². The van der Waals surface area contributed by atoms with Crippen LogP contribution >= 0.6 is 11.6 Å². The Bertz CT molecular complexity index is 1130. The van der Waals surface area contributed by atoms with Crippen LogP contribution in [-0.2, 0) is 9.59 Å². The SMILES string of the molecule is COc1ccc(C2C(=O)N(c3ccc(C)c(C)c3)CC(=O)N2c2ccc(Cl)cc2)cc1. The summed E-state index contributed by atoms with van der Waals surface area (Å²) in [6.07, 6.45) is 0. The minimum absolute atomic E-state index is 0.0311. The molecule has 1 saturated heterocycles. The van der Waals surface area contributed by atoms with Gasteiger partial charge in [-0.15, -0.1) is 0 Å². The molecule has 1 unspecified atom stereocenters. The Morgan fingerprint density at radius 2 is 1.52 bits per heavy atom. The van der Waals surface area contributed by atoms with Crippen LogP contribution in [0.3, 0.4) is 0 Å². The van der Waals surface area contributed by atoms with Gasteiger partial charge >= 0.3 is 0 Å². The molecule has 0 aromatic heterocycles. The number of nitrogens with zero attached hydrogens (tertiary/aromatic N) is 2. The Kier molecular flexibility index (Phi) is 5.70. The lowest BCUT2D eigenvalue weighted by Gasteiger charge is -2.40. The summed E-state index contributed by atoms with van der Waals surface area (Å²) in [6, 6.07) is 19.2. The Labute approximate surface area is 186 Å². The topological polar surface area (TPSA) is 49.9 Å². The number of amides is 2. The van der Waals surface area contributed by atoms with Crippen molar-refractivity contribution < 1.29 is 14.3 Å². The lowest BCUT2D eigenvalue weighted by atomic mass is 9.98. The van der Waals surface area contributed by atoms with Gasteiger partial charge in [0.05, 0.1) is 7.11 Å². The number of halogens is 1. The molecular formula is C25H23ClN2O3. The summed E-state index contributed by atoms with van der Waals surface area (Å²) in [5.74, 6) is 0.353. The van der Waals surface area contributed by atoms with E-state index in [0.717, 1.165) is 16.8 Å². The van der Waals surface area contributed by atoms with Gasteiger partial charge in [0, 0.05) is 16.4 Å². The fourth-order valence-corrected chi connectivity index (χ4v) is 3.90. The monoisotopic (exact) mass is 434 g/mol. The predicted molar refractivity (Wildman–Crippen MR) is 123 cm³/mol. The van der Waals surface area contributed by atoms with Crippen molar-refractivity contribution in [1.82, 2.24) is 0 Å². The number of carbonyl (C=O) groups is 2. The first-order chi connectivity index (χ1) is 14.9. The second-order valence-electron chi connectivity index (χ2n) is 7.61. The van der Waals surface area contributed by atoms with E-state index in [4.69, 9.17) is 16.3 Å². The van der Waals surface area contributed by atoms with Gasteiger partial charge in [-0.2, -0.15) is 0 Å². The highest BCUT2D eigenvalue weighted by Gasteiger charge is 2.41. The van der Waals surface area contributed by atoms with E-state index in [1.54, 1.807) is 53.3 Å². The Hall–Kier alpha value is -3.31. The van der Waals surface area contributed by atoms with E-state index < -0.39 is 6.04 Å². The van der Waals surface area contributed by atoms with E-state index in [1.807, 2.05) is 44.2 Å². The molecular weight excluding hydrogens is 412 g/mol. The predicted octanol–water partition coefficient (Wildman–Crippen LogP) is 5.09. The molecule has 158 valence electrons. The average Bonchev–Trinajstić information content (AvgIpc) is 2.77. The van der Waals surface area contributed by atoms with Crippen LogP contribution in [0.5, 0.6) is 5.75 Å². The minimum atomic E-state index is -0.796. The third kappa shape index (κ3) is 4.01. The zero-order chi connectivity index (χ0) is 22.1. The first-order valence-electron chi connectivity index (χ1n) is 9.99. The highest BCUT2D eigenvalue weighted by Crippen LogP contribution is 2.36. The molecule has 0 bridgehead atoms. The van der Waals surface area contributed by atoms with Crippen LogP contribution in [0.25, 0.3) is 0 Å². The molecule has 3 aromatic rings. The second-order valence-corrected chi connectivity index (χ2v) is 8.05. The van der Waals surface area contributed by atoms with Crippen molar-refractivity contribution in [2.24, 2.45) is 0 Å². The summed E-state index contributed by atoms with van der Waals surface area (Å²) in [7, 11) is 1.59. The van der Waals surface area contributed by atoms with Gasteiger partial charge in [-0.25, -0.2) is 0 Å². The van der Waals surface area contributed by atoms with Crippen LogP contribution in [0.1, 0.15) is 22.7 Å². The van der Waals surface area contributed by atoms with Crippen LogP contribution < -0.4 is 14.5 Å². The van der Waals surface area contributed by atoms with Gasteiger partial charge < -0.3 is 9.64 Å². The summed E-state index contributed by atoms with van der Waals surface area (Å²) in [5, 5.41) is 0.567. The van der Waals surface area contributed by atoms with Gasteiger partial charge in [0.1, 0.15) is 18.3 Å². The van der Waals surface area contributed by atoms with Gasteiger partial charge in [0.15, 0.2) is 0 Å². The summed E-state index contributed by atoms with van der Waals surface area (Å²) in [6.45, 7) is 3.98. The molecule has 0 aliphatic carbocycles. The molecule has 1 aliphatic heterocycles. The fraction of sp³-hybridized carbons (Fsp3) is 0.200. The molecule has 3 aromatic carbocycles. The van der Waals surface area contributed by atoms with Gasteiger partial charge in [-0.1, -0.05) is 29.8 Å². The molecule has 6 heteroatoms. The van der Waals surface area contributed by atoms with Crippen molar-refractivity contribution in [3.8, 4) is 5.75 Å². The van der Waals surface area contributed by atoms with E-state index >= 15 is 0 Å². The summed E-state index contributed by atoms with van der Waals surface area (Å²) < 4.78 is 5.25. The molecule has 1 heterocycles. The smallest absolute Gasteiger partial charge is 0.255 e. The summed E-state index contributed by atoms with van der Waals surface area (Å²) >= 11 is 6.04. The second kappa shape index (κ2) is 8.44. The van der Waals surface area contributed by atoms with Gasteiger partial charge in [0.2, 0.25) is 5.91 Å². The zero-order valence-corrected chi connectivity index (χ0v) is 18.4. The van der Waals surface area contributed by atoms with E-state index in [-0.39, 0.29) is 18.4 Å². The van der Waals surface area contributed by atoms with Crippen LogP contribution in [-0.4, -0.2) is 25.5 Å². The van der Waals surface area contributed by atoms with Crippen LogP contribution in [0, 0.1) is 13.8 Å². The van der Waals surface area contributed by atoms with E-state index in [9.17, 15) is 9.59 Å². The molecule has 0 N–H and O–H groups in total. The molecule has 5 nitrogen and oxygen atoms in total. The van der Waals surface area contributed by atoms with Crippen LogP contribution in [0.4, 0.5) is 11.4 Å². The number of benzene rings is 3. The van der Waals surface area contributed by atoms with Crippen molar-refractivity contribution in [3.63, 3.8) is 0 Å². The standard InChI is InChI=1S/C25H23ClN2O3/c1-16-4-9-21(14-17(16)2)27-15-23(29)28(20-10-7-19(26)8-11-20)24(25(27)30)18-5-12-22(31-3)13-6-18/h4-14,24H,15H2,1-3H3. The molecule has 31 heavy (non-hydrogen) atoms. The lowest BCUT2D eigenvalue weighted by Crippen LogP contribution is -2.56. The maximum absolute atomic E-state index is 13.7. The number of anilines is 2. The molecule has 0 radical (unpaired) electrons. The van der Waals surface area contributed by atoms with Gasteiger partial charge in [0.25, 0.3) is 5.91 Å². The first-order valence-corrected chi connectivity index (χ1v) is 10.4. The van der Waals surface area contributed by atoms with E-state index in [1.165, 1.54) is 0 Å². The lowest BCUT2D eigenvalue weighted by molar-refractivity contribution is -0.128. The normalized spacial score (nSPS) is 16.6. The molecule has 4 rings (SSSR count). The molecule has 0 spiro atoms. The number of rotatable bonds is 4. The van der Waals surface area contributed by atoms with Crippen molar-refractivity contribution in [2.75, 3.05) is 23.5 Å². The number of hydrogen-bond donors (Lipinski definition) is 0. The summed E-state index contributed by atoms with van der Waals surface area (Å²) in [4.78, 5) is 30.2. The molecule has 0 saturated carbocycles. The van der Waals surface area contributed by atoms with Crippen molar-refractivity contribution in [2.45, 2.75) is 19.9 Å². The largest absolute Gasteiger partial charge is 0.497 e. The molecule has 1 aliphatic rings. The molecule has 2 amide bonds. The molecule has 1 atom stereocenters. The van der Waals surface area contributed by atoms with Crippen molar-refractivity contribution in [1.29, 1.82) is 0 Å². The molecule has 1 fully saturated rings. The Balaban J connectivity index is 1.80. The van der Waals surface area contributed by atoms with E-state index in [2.05, 4.69) is 0 Å². The zero-order valence-electron chi connectivity index (χ0n) is 17.6. The first kappa shape index (κ1) is 20.9. The number of ether oxygens (including phenoxy) is 1. The quantitative estimate of drug-likeness (QED) is 0.575. The maximum Gasteiger partial charge on any atom is 0.255 e. The number of methoxy groups -OCH3 is 1. The summed E-state index contributed by atoms with van der Waals surface area (Å²) in [5.41, 5.74) is 4.26. The highest BCUT2D eigenvalue weighted by molar-refractivity contribution is 6.30. The number of piperazine rings is 1. The van der Waals surface area contributed by atoms with Crippen LogP contribution in [0.2, 0.25) is 5.02 Å². The number of aryl methyl sites for hydroxylation is 2. The fourth-order valence-electron chi connectivity index (χ4n) is 3.78. The third-order valence-electron chi connectivity index (χ3n) is 5.66. The minimum Gasteiger partial charge on any atom is -0.497 e. The van der Waals surface area contributed by atoms with Gasteiger partial charge in [-0.05, 0) is 79.1 Å². The van der Waals surface area contributed by atoms with Crippen LogP contribution in [0.15, 0.2) is 66.7 Å². The average molecular weight is 435 g/mol. The van der Waals surface area contributed by atoms with Crippen molar-refractivity contribution in [3.05, 3.63) is 88.4 Å². The van der Waals surface area contributed by atoms with Crippen molar-refractivity contribution >= 4 is 34.8 Å². The number of hydrogen-bond acceptors (Lipinski definition) is 3. The third-order valence-corrected chi connectivity index (χ3v) is 5.91. The van der Waals surface area contributed by atoms with Gasteiger partial charge in [-0.3, -0.25) is 14.5 Å². The maximum atomic E-state index is 13.7.